The standard InChI is InChI=1S/C33H36FN5O7S/c1-22-31(19-36-45-22)47(43,44)46-29-15-11-26(12-16-29)37-33(42)38(30(32(35)41)18-23-7-13-28(40)14-8-23)27-4-3-17-39(2,21-27)20-24-5-9-25(34)10-6-24/h5-16,19,27,30H,3-4,17-18,20-21H2,1-2H3,(H3-,35,37,40,41,42)/p+1/t27-,30-,39?/m0/s1. The predicted molar refractivity (Wildman–Crippen MR) is 170 cm³/mol. The van der Waals surface area contributed by atoms with E-state index >= 15 is 0 Å². The lowest BCUT2D eigenvalue weighted by atomic mass is 9.96. The maximum Gasteiger partial charge on any atom is 0.344 e. The number of carbonyl (C=O) groups excluding carboxylic acids is 2. The minimum atomic E-state index is -4.19. The minimum absolute atomic E-state index is 0.00365. The van der Waals surface area contributed by atoms with Crippen molar-refractivity contribution in [2.75, 3.05) is 25.5 Å². The van der Waals surface area contributed by atoms with Crippen LogP contribution in [0.25, 0.3) is 0 Å². The smallest absolute Gasteiger partial charge is 0.344 e. The molecule has 1 fully saturated rings. The van der Waals surface area contributed by atoms with Crippen LogP contribution in [-0.2, 0) is 27.9 Å². The fraction of sp³-hybridized carbons (Fsp3) is 0.303. The van der Waals surface area contributed by atoms with Crippen LogP contribution >= 0.6 is 0 Å². The number of benzene rings is 3. The highest BCUT2D eigenvalue weighted by Crippen LogP contribution is 2.28. The molecule has 1 aliphatic heterocycles. The van der Waals surface area contributed by atoms with E-state index in [1.807, 2.05) is 0 Å². The van der Waals surface area contributed by atoms with E-state index in [9.17, 15) is 27.5 Å². The van der Waals surface area contributed by atoms with E-state index in [-0.39, 0.29) is 40.4 Å². The fourth-order valence-corrected chi connectivity index (χ4v) is 7.05. The van der Waals surface area contributed by atoms with Crippen LogP contribution in [0.5, 0.6) is 11.5 Å². The maximum absolute atomic E-state index is 14.1. The summed E-state index contributed by atoms with van der Waals surface area (Å²) in [5.41, 5.74) is 7.94. The second-order valence-electron chi connectivity index (χ2n) is 12.0. The van der Waals surface area contributed by atoms with Gasteiger partial charge in [-0.2, -0.15) is 8.42 Å². The number of hydrogen-bond donors (Lipinski definition) is 3. The number of nitrogens with two attached hydrogens (primary N) is 1. The van der Waals surface area contributed by atoms with E-state index in [2.05, 4.69) is 17.5 Å². The van der Waals surface area contributed by atoms with Crippen molar-refractivity contribution in [1.82, 2.24) is 10.1 Å². The number of primary amides is 1. The molecule has 248 valence electrons. The number of aromatic nitrogens is 1. The van der Waals surface area contributed by atoms with Crippen molar-refractivity contribution < 1.29 is 40.7 Å². The molecule has 3 aromatic carbocycles. The second kappa shape index (κ2) is 13.8. The van der Waals surface area contributed by atoms with E-state index in [0.717, 1.165) is 24.7 Å². The summed E-state index contributed by atoms with van der Waals surface area (Å²) in [6, 6.07) is 16.5. The molecule has 4 aromatic rings. The molecule has 1 unspecified atom stereocenters. The number of nitrogens with zero attached hydrogens (tertiary/aromatic N) is 3. The number of carbonyl (C=O) groups is 2. The lowest BCUT2D eigenvalue weighted by Crippen LogP contribution is -2.62. The van der Waals surface area contributed by atoms with Gasteiger partial charge in [-0.3, -0.25) is 4.79 Å². The van der Waals surface area contributed by atoms with Crippen molar-refractivity contribution in [3.8, 4) is 11.5 Å². The average Bonchev–Trinajstić information content (AvgIpc) is 3.47. The number of amides is 3. The van der Waals surface area contributed by atoms with Crippen LogP contribution in [0.15, 0.2) is 88.4 Å². The van der Waals surface area contributed by atoms with Gasteiger partial charge in [-0.25, -0.2) is 9.18 Å². The monoisotopic (exact) mass is 666 g/mol. The first kappa shape index (κ1) is 33.4. The number of likely N-dealkylation sites (N-methyl/N-ethyl adjacent to an activating group) is 1. The third-order valence-electron chi connectivity index (χ3n) is 8.31. The molecule has 0 bridgehead atoms. The summed E-state index contributed by atoms with van der Waals surface area (Å²) in [7, 11) is -2.12. The normalized spacial score (nSPS) is 18.7. The fourth-order valence-electron chi connectivity index (χ4n) is 6.04. The van der Waals surface area contributed by atoms with E-state index < -0.39 is 28.1 Å². The minimum Gasteiger partial charge on any atom is -0.508 e. The van der Waals surface area contributed by atoms with E-state index in [0.29, 0.717) is 35.2 Å². The maximum atomic E-state index is 14.1. The Balaban J connectivity index is 1.39. The van der Waals surface area contributed by atoms with Crippen molar-refractivity contribution in [3.63, 3.8) is 0 Å². The summed E-state index contributed by atoms with van der Waals surface area (Å²) in [6.45, 7) is 3.38. The van der Waals surface area contributed by atoms with Gasteiger partial charge >= 0.3 is 16.1 Å². The zero-order chi connectivity index (χ0) is 33.8. The number of anilines is 1. The van der Waals surface area contributed by atoms with Crippen LogP contribution in [0.2, 0.25) is 0 Å². The number of phenols is 1. The van der Waals surface area contributed by atoms with Crippen molar-refractivity contribution in [2.24, 2.45) is 5.73 Å². The molecule has 2 heterocycles. The number of urea groups is 1. The Morgan fingerprint density at radius 1 is 1.11 bits per heavy atom. The van der Waals surface area contributed by atoms with Crippen LogP contribution in [0.3, 0.4) is 0 Å². The van der Waals surface area contributed by atoms with Gasteiger partial charge in [0.2, 0.25) is 5.91 Å². The Hall–Kier alpha value is -4.95. The third-order valence-corrected chi connectivity index (χ3v) is 9.65. The molecule has 1 aromatic heterocycles. The van der Waals surface area contributed by atoms with E-state index in [1.165, 1.54) is 60.4 Å². The Bertz CT molecular complexity index is 1820. The highest BCUT2D eigenvalue weighted by Gasteiger charge is 2.41. The predicted octanol–water partition coefficient (Wildman–Crippen LogP) is 4.34. The molecule has 4 N–H and O–H groups in total. The molecule has 14 heteroatoms. The van der Waals surface area contributed by atoms with Crippen molar-refractivity contribution >= 4 is 27.7 Å². The molecule has 47 heavy (non-hydrogen) atoms. The van der Waals surface area contributed by atoms with E-state index in [1.54, 1.807) is 24.3 Å². The number of likely N-dealkylation sites (tertiary alicyclic amines) is 1. The molecule has 0 spiro atoms. The Morgan fingerprint density at radius 3 is 2.38 bits per heavy atom. The van der Waals surface area contributed by atoms with Gasteiger partial charge < -0.3 is 34.2 Å². The molecule has 1 aliphatic rings. The second-order valence-corrected chi connectivity index (χ2v) is 13.6. The van der Waals surface area contributed by atoms with Gasteiger partial charge in [0.25, 0.3) is 0 Å². The number of quaternary nitrogens is 1. The van der Waals surface area contributed by atoms with Crippen molar-refractivity contribution in [3.05, 3.63) is 102 Å². The van der Waals surface area contributed by atoms with Gasteiger partial charge in [-0.15, -0.1) is 0 Å². The first-order valence-corrected chi connectivity index (χ1v) is 16.4. The van der Waals surface area contributed by atoms with Gasteiger partial charge in [-0.1, -0.05) is 29.4 Å². The molecular weight excluding hydrogens is 629 g/mol. The number of hydrogen-bond acceptors (Lipinski definition) is 8. The van der Waals surface area contributed by atoms with Gasteiger partial charge in [-0.05, 0) is 73.9 Å². The largest absolute Gasteiger partial charge is 0.508 e. The summed E-state index contributed by atoms with van der Waals surface area (Å²) in [4.78, 5) is 28.4. The van der Waals surface area contributed by atoms with E-state index in [4.69, 9.17) is 14.4 Å². The van der Waals surface area contributed by atoms with Crippen molar-refractivity contribution in [2.45, 2.75) is 49.7 Å². The van der Waals surface area contributed by atoms with Crippen LogP contribution in [0.4, 0.5) is 14.9 Å². The average molecular weight is 667 g/mol. The van der Waals surface area contributed by atoms with Crippen LogP contribution in [0.1, 0.15) is 29.7 Å². The number of aryl methyl sites for hydroxylation is 1. The number of aromatic hydroxyl groups is 1. The zero-order valence-corrected chi connectivity index (χ0v) is 26.8. The van der Waals surface area contributed by atoms with Gasteiger partial charge in [0.15, 0.2) is 10.7 Å². The molecule has 3 atom stereocenters. The number of phenolic OH excluding ortho intramolecular Hbond substituents is 1. The first-order valence-electron chi connectivity index (χ1n) is 15.0. The lowest BCUT2D eigenvalue weighted by Gasteiger charge is -2.46. The molecule has 1 saturated heterocycles. The zero-order valence-electron chi connectivity index (χ0n) is 26.0. The molecule has 5 rings (SSSR count). The van der Waals surface area contributed by atoms with Gasteiger partial charge in [0.1, 0.15) is 29.9 Å². The summed E-state index contributed by atoms with van der Waals surface area (Å²) in [5, 5.41) is 16.1. The Kier molecular flexibility index (Phi) is 9.82. The molecule has 0 radical (unpaired) electrons. The number of piperidine rings is 1. The topological polar surface area (TPSA) is 165 Å². The Morgan fingerprint density at radius 2 is 1.77 bits per heavy atom. The van der Waals surface area contributed by atoms with Gasteiger partial charge in [0, 0.05) is 17.7 Å². The highest BCUT2D eigenvalue weighted by molar-refractivity contribution is 7.87. The molecule has 12 nitrogen and oxygen atoms in total. The van der Waals surface area contributed by atoms with Crippen LogP contribution in [0, 0.1) is 12.7 Å². The lowest BCUT2D eigenvalue weighted by molar-refractivity contribution is -0.928. The summed E-state index contributed by atoms with van der Waals surface area (Å²) < 4.78 is 49.4. The molecule has 0 aliphatic carbocycles. The van der Waals surface area contributed by atoms with Crippen LogP contribution < -0.4 is 15.2 Å². The summed E-state index contributed by atoms with van der Waals surface area (Å²) in [5.74, 6) is -0.855. The number of nitrogens with one attached hydrogen (secondary N) is 1. The Labute approximate surface area is 272 Å². The molecule has 3 amide bonds. The highest BCUT2D eigenvalue weighted by atomic mass is 32.2. The summed E-state index contributed by atoms with van der Waals surface area (Å²) >= 11 is 0. The summed E-state index contributed by atoms with van der Waals surface area (Å²) in [6.07, 6.45) is 2.56. The van der Waals surface area contributed by atoms with Crippen molar-refractivity contribution in [1.29, 1.82) is 0 Å². The quantitative estimate of drug-likeness (QED) is 0.157. The van der Waals surface area contributed by atoms with Gasteiger partial charge in [0.05, 0.1) is 32.4 Å². The number of rotatable bonds is 11. The first-order chi connectivity index (χ1) is 22.3. The SMILES string of the molecule is Cc1oncc1S(=O)(=O)Oc1ccc(NC(=O)N([C@H]2CCC[N+](C)(Cc3ccc(F)cc3)C2)[C@@H](Cc2ccc(O)cc2)C(N)=O)cc1. The van der Waals surface area contributed by atoms with Crippen LogP contribution in [-0.4, -0.2) is 72.2 Å². The molecular formula is C33H37FN5O7S+. The number of halogens is 1. The molecule has 0 saturated carbocycles. The third kappa shape index (κ3) is 8.26.